The minimum Gasteiger partial charge on any atom is -0.493 e. The first-order valence-electron chi connectivity index (χ1n) is 10.2. The molecule has 11 heteroatoms. The van der Waals surface area contributed by atoms with Crippen LogP contribution in [0.3, 0.4) is 0 Å². The molecule has 0 saturated carbocycles. The molecule has 2 aromatic heterocycles. The van der Waals surface area contributed by atoms with E-state index >= 15 is 0 Å². The van der Waals surface area contributed by atoms with Crippen molar-refractivity contribution >= 4 is 40.0 Å². The molecule has 0 spiro atoms. The van der Waals surface area contributed by atoms with E-state index in [0.717, 1.165) is 15.5 Å². The monoisotopic (exact) mass is 490 g/mol. The predicted octanol–water partition coefficient (Wildman–Crippen LogP) is 4.18. The summed E-state index contributed by atoms with van der Waals surface area (Å²) < 4.78 is 12.2. The fourth-order valence-corrected chi connectivity index (χ4v) is 4.35. The van der Waals surface area contributed by atoms with Crippen molar-refractivity contribution in [3.05, 3.63) is 53.9 Å². The van der Waals surface area contributed by atoms with Gasteiger partial charge in [-0.05, 0) is 17.7 Å². The van der Waals surface area contributed by atoms with Gasteiger partial charge in [-0.3, -0.25) is 14.8 Å². The maximum absolute atomic E-state index is 12.4. The molecule has 3 N–H and O–H groups in total. The van der Waals surface area contributed by atoms with Gasteiger partial charge in [0.25, 0.3) is 0 Å². The number of nitrogens with one attached hydrogen (secondary N) is 2. The Morgan fingerprint density at radius 2 is 1.91 bits per heavy atom. The van der Waals surface area contributed by atoms with Gasteiger partial charge in [-0.25, -0.2) is 15.4 Å². The molecule has 0 radical (unpaired) electrons. The first-order chi connectivity index (χ1) is 15.7. The van der Waals surface area contributed by atoms with Crippen LogP contribution in [0.2, 0.25) is 0 Å². The van der Waals surface area contributed by atoms with Crippen LogP contribution in [-0.4, -0.2) is 33.6 Å². The summed E-state index contributed by atoms with van der Waals surface area (Å²) in [5.41, 5.74) is 2.29. The number of anilines is 1. The summed E-state index contributed by atoms with van der Waals surface area (Å²) in [7, 11) is 0. The van der Waals surface area contributed by atoms with E-state index in [-0.39, 0.29) is 30.8 Å². The Labute approximate surface area is 199 Å². The van der Waals surface area contributed by atoms with E-state index in [1.165, 1.54) is 11.3 Å². The number of ether oxygens (including phenoxy) is 1. The average molecular weight is 491 g/mol. The summed E-state index contributed by atoms with van der Waals surface area (Å²) in [5.74, 6) is 1.99. The molecule has 9 nitrogen and oxygen atoms in total. The van der Waals surface area contributed by atoms with Crippen molar-refractivity contribution in [2.24, 2.45) is 0 Å². The molecule has 0 atom stereocenters. The number of benzene rings is 1. The molecule has 2 heterocycles. The molecule has 0 aliphatic rings. The van der Waals surface area contributed by atoms with Crippen LogP contribution in [0.15, 0.2) is 45.3 Å². The fourth-order valence-electron chi connectivity index (χ4n) is 2.61. The molecule has 176 valence electrons. The van der Waals surface area contributed by atoms with Crippen molar-refractivity contribution in [1.29, 1.82) is 0 Å². The van der Waals surface area contributed by atoms with Gasteiger partial charge in [0.2, 0.25) is 17.7 Å². The second-order valence-corrected chi connectivity index (χ2v) is 10.4. The van der Waals surface area contributed by atoms with Crippen molar-refractivity contribution in [1.82, 2.24) is 15.4 Å². The van der Waals surface area contributed by atoms with Gasteiger partial charge in [0.05, 0.1) is 41.8 Å². The molecule has 0 aliphatic carbocycles. The van der Waals surface area contributed by atoms with Gasteiger partial charge in [-0.15, -0.1) is 11.8 Å². The Bertz CT molecular complexity index is 1070. The summed E-state index contributed by atoms with van der Waals surface area (Å²) in [6.45, 7) is 6.37. The van der Waals surface area contributed by atoms with Crippen LogP contribution in [0, 0.1) is 0 Å². The van der Waals surface area contributed by atoms with Gasteiger partial charge < -0.3 is 14.5 Å². The van der Waals surface area contributed by atoms with Crippen molar-refractivity contribution in [2.75, 3.05) is 11.9 Å². The first kappa shape index (κ1) is 24.7. The van der Waals surface area contributed by atoms with Crippen molar-refractivity contribution < 1.29 is 24.0 Å². The number of hydroxylamine groups is 1. The quantitative estimate of drug-likeness (QED) is 0.219. The minimum atomic E-state index is -0.514. The Morgan fingerprint density at radius 1 is 1.15 bits per heavy atom. The lowest BCUT2D eigenvalue weighted by atomic mass is 9.94. The van der Waals surface area contributed by atoms with E-state index in [2.05, 4.69) is 36.1 Å². The summed E-state index contributed by atoms with van der Waals surface area (Å²) in [6.07, 6.45) is 3.73. The van der Waals surface area contributed by atoms with Crippen LogP contribution >= 0.6 is 23.1 Å². The van der Waals surface area contributed by atoms with Crippen LogP contribution in [0.4, 0.5) is 5.13 Å². The molecule has 3 aromatic rings. The third-order valence-corrected chi connectivity index (χ3v) is 6.46. The average Bonchev–Trinajstić information content (AvgIpc) is 3.42. The Morgan fingerprint density at radius 3 is 2.58 bits per heavy atom. The first-order valence-corrected chi connectivity index (χ1v) is 12.0. The Hall–Kier alpha value is -2.89. The van der Waals surface area contributed by atoms with Crippen molar-refractivity contribution in [2.45, 2.75) is 49.0 Å². The van der Waals surface area contributed by atoms with Gasteiger partial charge in [0.1, 0.15) is 11.5 Å². The number of oxazole rings is 1. The number of aromatic nitrogens is 2. The predicted molar refractivity (Wildman–Crippen MR) is 126 cm³/mol. The standard InChI is InChI=1S/C22H26N4O5S2/c1-22(2,3)16-11-23-19(31-16)13-32-20-12-24-21(33-20)25-18(28)10-14-4-6-15(7-5-14)30-9-8-17(27)26-29/h4-7,11-12,29H,8-10,13H2,1-3H3,(H,26,27)(H,24,25,28). The summed E-state index contributed by atoms with van der Waals surface area (Å²) in [6, 6.07) is 7.02. The van der Waals surface area contributed by atoms with Crippen LogP contribution in [-0.2, 0) is 27.2 Å². The molecule has 2 amide bonds. The SMILES string of the molecule is CC(C)(C)c1cnc(CSc2cnc(NC(=O)Cc3ccc(OCCC(=O)NO)cc3)s2)o1. The molecule has 0 unspecified atom stereocenters. The van der Waals surface area contributed by atoms with Crippen LogP contribution in [0.25, 0.3) is 0 Å². The highest BCUT2D eigenvalue weighted by Gasteiger charge is 2.19. The largest absolute Gasteiger partial charge is 0.493 e. The molecular formula is C22H26N4O5S2. The lowest BCUT2D eigenvalue weighted by molar-refractivity contribution is -0.129. The fraction of sp³-hybridized carbons (Fsp3) is 0.364. The maximum atomic E-state index is 12.4. The normalized spacial score (nSPS) is 11.3. The van der Waals surface area contributed by atoms with Gasteiger partial charge >= 0.3 is 0 Å². The van der Waals surface area contributed by atoms with Crippen molar-refractivity contribution in [3.63, 3.8) is 0 Å². The third kappa shape index (κ3) is 7.88. The Balaban J connectivity index is 1.43. The molecule has 1 aromatic carbocycles. The van der Waals surface area contributed by atoms with Crippen LogP contribution < -0.4 is 15.5 Å². The topological polar surface area (TPSA) is 127 Å². The molecule has 3 rings (SSSR count). The van der Waals surface area contributed by atoms with Gasteiger partial charge in [-0.1, -0.05) is 44.2 Å². The number of amides is 2. The number of thiazole rings is 1. The third-order valence-electron chi connectivity index (χ3n) is 4.37. The molecule has 0 saturated heterocycles. The zero-order chi connectivity index (χ0) is 23.8. The summed E-state index contributed by atoms with van der Waals surface area (Å²) in [4.78, 5) is 31.9. The lowest BCUT2D eigenvalue weighted by Gasteiger charge is -2.12. The molecule has 33 heavy (non-hydrogen) atoms. The van der Waals surface area contributed by atoms with Crippen LogP contribution in [0.1, 0.15) is 44.4 Å². The second-order valence-electron chi connectivity index (χ2n) is 8.14. The number of thioether (sulfide) groups is 1. The molecular weight excluding hydrogens is 464 g/mol. The zero-order valence-corrected chi connectivity index (χ0v) is 20.2. The number of hydrogen-bond donors (Lipinski definition) is 3. The van der Waals surface area contributed by atoms with E-state index in [4.69, 9.17) is 14.4 Å². The molecule has 0 aliphatic heterocycles. The zero-order valence-electron chi connectivity index (χ0n) is 18.6. The van der Waals surface area contributed by atoms with E-state index < -0.39 is 5.91 Å². The number of carbonyl (C=O) groups is 2. The Kier molecular flexibility index (Phi) is 8.48. The molecule has 0 bridgehead atoms. The lowest BCUT2D eigenvalue weighted by Crippen LogP contribution is -2.20. The number of nitrogens with zero attached hydrogens (tertiary/aromatic N) is 2. The maximum Gasteiger partial charge on any atom is 0.246 e. The number of hydrogen-bond acceptors (Lipinski definition) is 9. The second kappa shape index (κ2) is 11.3. The molecule has 0 fully saturated rings. The smallest absolute Gasteiger partial charge is 0.246 e. The summed E-state index contributed by atoms with van der Waals surface area (Å²) >= 11 is 2.96. The van der Waals surface area contributed by atoms with Gasteiger partial charge in [0, 0.05) is 5.41 Å². The van der Waals surface area contributed by atoms with E-state index in [1.807, 2.05) is 0 Å². The highest BCUT2D eigenvalue weighted by Crippen LogP contribution is 2.31. The highest BCUT2D eigenvalue weighted by atomic mass is 32.2. The summed E-state index contributed by atoms with van der Waals surface area (Å²) in [5, 5.41) is 11.8. The minimum absolute atomic E-state index is 0.0464. The number of carbonyl (C=O) groups excluding carboxylic acids is 2. The number of rotatable bonds is 10. The van der Waals surface area contributed by atoms with Gasteiger partial charge in [0.15, 0.2) is 5.13 Å². The van der Waals surface area contributed by atoms with Gasteiger partial charge in [-0.2, -0.15) is 0 Å². The van der Waals surface area contributed by atoms with E-state index in [0.29, 0.717) is 22.5 Å². The van der Waals surface area contributed by atoms with E-state index in [1.54, 1.807) is 53.9 Å². The van der Waals surface area contributed by atoms with Crippen LogP contribution in [0.5, 0.6) is 5.75 Å². The van der Waals surface area contributed by atoms with Crippen molar-refractivity contribution in [3.8, 4) is 5.75 Å². The highest BCUT2D eigenvalue weighted by molar-refractivity contribution is 8.00. The van der Waals surface area contributed by atoms with E-state index in [9.17, 15) is 9.59 Å².